The molecular formula is C21H21ClN2O4. The summed E-state index contributed by atoms with van der Waals surface area (Å²) >= 11 is 5.95. The van der Waals surface area contributed by atoms with Crippen molar-refractivity contribution >= 4 is 34.2 Å². The fourth-order valence-corrected chi connectivity index (χ4v) is 3.32. The van der Waals surface area contributed by atoms with Gasteiger partial charge in [0.1, 0.15) is 5.75 Å². The average molecular weight is 401 g/mol. The van der Waals surface area contributed by atoms with E-state index in [-0.39, 0.29) is 18.1 Å². The number of likely N-dealkylation sites (N-methyl/N-ethyl adjacent to an activating group) is 1. The van der Waals surface area contributed by atoms with Crippen molar-refractivity contribution in [3.8, 4) is 5.75 Å². The van der Waals surface area contributed by atoms with E-state index in [1.165, 1.54) is 19.3 Å². The molecule has 28 heavy (non-hydrogen) atoms. The lowest BCUT2D eigenvalue weighted by atomic mass is 9.95. The number of amides is 1. The van der Waals surface area contributed by atoms with Gasteiger partial charge >= 0.3 is 0 Å². The Hall–Kier alpha value is -2.83. The number of hydrogen-bond acceptors (Lipinski definition) is 4. The fraction of sp³-hybridized carbons (Fsp3) is 0.238. The summed E-state index contributed by atoms with van der Waals surface area (Å²) in [6, 6.07) is 10.3. The van der Waals surface area contributed by atoms with Crippen molar-refractivity contribution < 1.29 is 19.2 Å². The molecule has 0 saturated heterocycles. The number of aromatic nitrogens is 1. The van der Waals surface area contributed by atoms with Crippen LogP contribution in [0.25, 0.3) is 10.9 Å². The summed E-state index contributed by atoms with van der Waals surface area (Å²) in [5, 5.41) is 2.39. The average Bonchev–Trinajstić information content (AvgIpc) is 3.01. The zero-order chi connectivity index (χ0) is 20.4. The zero-order valence-corrected chi connectivity index (χ0v) is 16.9. The topological polar surface area (TPSA) is 71.6 Å². The van der Waals surface area contributed by atoms with Gasteiger partial charge in [-0.15, -0.1) is 0 Å². The minimum absolute atomic E-state index is 0.0875. The first-order valence-corrected chi connectivity index (χ1v) is 9.04. The van der Waals surface area contributed by atoms with Crippen LogP contribution in [0.3, 0.4) is 0 Å². The second-order valence-electron chi connectivity index (χ2n) is 6.38. The molecule has 1 aromatic heterocycles. The molecule has 1 heterocycles. The van der Waals surface area contributed by atoms with Crippen molar-refractivity contribution in [2.75, 3.05) is 21.3 Å². The first-order chi connectivity index (χ1) is 13.4. The predicted octanol–water partition coefficient (Wildman–Crippen LogP) is 3.93. The quantitative estimate of drug-likeness (QED) is 0.502. The lowest BCUT2D eigenvalue weighted by Crippen LogP contribution is -2.27. The van der Waals surface area contributed by atoms with Gasteiger partial charge < -0.3 is 9.72 Å². The molecule has 0 aliphatic carbocycles. The molecule has 1 amide bonds. The van der Waals surface area contributed by atoms with Crippen molar-refractivity contribution in [1.29, 1.82) is 0 Å². The number of ketones is 1. The molecule has 0 atom stereocenters. The third-order valence-electron chi connectivity index (χ3n) is 4.75. The fourth-order valence-electron chi connectivity index (χ4n) is 3.19. The summed E-state index contributed by atoms with van der Waals surface area (Å²) in [4.78, 5) is 34.0. The zero-order valence-electron chi connectivity index (χ0n) is 16.1. The Labute approximate surface area is 168 Å². The van der Waals surface area contributed by atoms with E-state index >= 15 is 0 Å². The van der Waals surface area contributed by atoms with E-state index in [0.717, 1.165) is 16.8 Å². The van der Waals surface area contributed by atoms with Gasteiger partial charge in [-0.2, -0.15) is 0 Å². The number of nitrogens with zero attached hydrogens (tertiary/aromatic N) is 1. The van der Waals surface area contributed by atoms with Crippen LogP contribution in [0.4, 0.5) is 0 Å². The predicted molar refractivity (Wildman–Crippen MR) is 108 cm³/mol. The minimum atomic E-state index is -0.223. The van der Waals surface area contributed by atoms with Gasteiger partial charge in [0, 0.05) is 34.2 Å². The molecule has 2 aromatic carbocycles. The van der Waals surface area contributed by atoms with Crippen LogP contribution in [-0.2, 0) is 16.1 Å². The van der Waals surface area contributed by atoms with Crippen molar-refractivity contribution in [3.63, 3.8) is 0 Å². The van der Waals surface area contributed by atoms with E-state index in [2.05, 4.69) is 4.98 Å². The lowest BCUT2D eigenvalue weighted by Gasteiger charge is -2.15. The van der Waals surface area contributed by atoms with Crippen LogP contribution in [-0.4, -0.2) is 43.0 Å². The van der Waals surface area contributed by atoms with Crippen molar-refractivity contribution in [3.05, 3.63) is 63.8 Å². The van der Waals surface area contributed by atoms with Gasteiger partial charge in [0.05, 0.1) is 26.2 Å². The van der Waals surface area contributed by atoms with Gasteiger partial charge in [-0.3, -0.25) is 14.4 Å². The molecule has 0 unspecified atom stereocenters. The van der Waals surface area contributed by atoms with Crippen LogP contribution in [0, 0.1) is 6.92 Å². The smallest absolute Gasteiger partial charge is 0.250 e. The van der Waals surface area contributed by atoms with E-state index in [1.54, 1.807) is 37.4 Å². The summed E-state index contributed by atoms with van der Waals surface area (Å²) in [6.45, 7) is 1.87. The summed E-state index contributed by atoms with van der Waals surface area (Å²) < 4.78 is 5.48. The number of benzene rings is 2. The number of carbonyl (C=O) groups is 2. The van der Waals surface area contributed by atoms with Crippen molar-refractivity contribution in [1.82, 2.24) is 10.0 Å². The Morgan fingerprint density at radius 3 is 2.39 bits per heavy atom. The molecular weight excluding hydrogens is 380 g/mol. The van der Waals surface area contributed by atoms with Gasteiger partial charge in [-0.25, -0.2) is 5.06 Å². The number of ether oxygens (including phenoxy) is 1. The number of nitrogens with one attached hydrogen (secondary N) is 1. The standard InChI is InChI=1S/C21H21ClN2O4/c1-12-15(11-18(25)24(2)28-4)19-16(23-12)9-10-17(27-3)20(19)21(26)13-5-7-14(22)8-6-13/h5-10,23H,11H2,1-4H3. The second kappa shape index (κ2) is 8.04. The maximum atomic E-state index is 13.3. The molecule has 0 spiro atoms. The molecule has 146 valence electrons. The first kappa shape index (κ1) is 19.9. The highest BCUT2D eigenvalue weighted by atomic mass is 35.5. The number of H-pyrrole nitrogens is 1. The minimum Gasteiger partial charge on any atom is -0.496 e. The molecule has 0 aliphatic rings. The Kier molecular flexibility index (Phi) is 5.72. The van der Waals surface area contributed by atoms with Crippen LogP contribution >= 0.6 is 11.6 Å². The normalized spacial score (nSPS) is 10.9. The second-order valence-corrected chi connectivity index (χ2v) is 6.82. The first-order valence-electron chi connectivity index (χ1n) is 8.66. The van der Waals surface area contributed by atoms with Gasteiger partial charge in [0.2, 0.25) is 5.91 Å². The van der Waals surface area contributed by atoms with Crippen LogP contribution < -0.4 is 4.74 Å². The van der Waals surface area contributed by atoms with E-state index < -0.39 is 0 Å². The summed E-state index contributed by atoms with van der Waals surface area (Å²) in [6.07, 6.45) is 0.0875. The number of aryl methyl sites for hydroxylation is 1. The third-order valence-corrected chi connectivity index (χ3v) is 5.00. The Bertz CT molecular complexity index is 1040. The van der Waals surface area contributed by atoms with E-state index in [1.807, 2.05) is 13.0 Å². The number of hydrogen-bond donors (Lipinski definition) is 1. The van der Waals surface area contributed by atoms with Gasteiger partial charge in [0.15, 0.2) is 5.78 Å². The number of rotatable bonds is 6. The molecule has 3 rings (SSSR count). The molecule has 1 N–H and O–H groups in total. The van der Waals surface area contributed by atoms with Crippen LogP contribution in [0.5, 0.6) is 5.75 Å². The summed E-state index contributed by atoms with van der Waals surface area (Å²) in [5.74, 6) is 0.0198. The Morgan fingerprint density at radius 1 is 1.11 bits per heavy atom. The molecule has 0 bridgehead atoms. The number of aromatic amines is 1. The Morgan fingerprint density at radius 2 is 1.79 bits per heavy atom. The summed E-state index contributed by atoms with van der Waals surface area (Å²) in [5.41, 5.74) is 3.21. The molecule has 6 nitrogen and oxygen atoms in total. The van der Waals surface area contributed by atoms with Crippen LogP contribution in [0.2, 0.25) is 5.02 Å². The van der Waals surface area contributed by atoms with Gasteiger partial charge in [-0.1, -0.05) is 11.6 Å². The molecule has 3 aromatic rings. The van der Waals surface area contributed by atoms with E-state index in [4.69, 9.17) is 21.2 Å². The maximum Gasteiger partial charge on any atom is 0.250 e. The highest BCUT2D eigenvalue weighted by Crippen LogP contribution is 2.34. The highest BCUT2D eigenvalue weighted by molar-refractivity contribution is 6.30. The monoisotopic (exact) mass is 400 g/mol. The number of carbonyl (C=O) groups excluding carboxylic acids is 2. The van der Waals surface area contributed by atoms with Crippen LogP contribution in [0.1, 0.15) is 27.2 Å². The number of halogens is 1. The molecule has 0 fully saturated rings. The maximum absolute atomic E-state index is 13.3. The number of fused-ring (bicyclic) bond motifs is 1. The van der Waals surface area contributed by atoms with Crippen molar-refractivity contribution in [2.24, 2.45) is 0 Å². The molecule has 0 radical (unpaired) electrons. The van der Waals surface area contributed by atoms with E-state index in [9.17, 15) is 9.59 Å². The SMILES string of the molecule is COc1ccc2[nH]c(C)c(CC(=O)N(C)OC)c2c1C(=O)c1ccc(Cl)cc1. The third kappa shape index (κ3) is 3.61. The summed E-state index contributed by atoms with van der Waals surface area (Å²) in [7, 11) is 4.49. The Balaban J connectivity index is 2.21. The largest absolute Gasteiger partial charge is 0.496 e. The highest BCUT2D eigenvalue weighted by Gasteiger charge is 2.24. The van der Waals surface area contributed by atoms with Gasteiger partial charge in [-0.05, 0) is 48.9 Å². The van der Waals surface area contributed by atoms with Crippen LogP contribution in [0.15, 0.2) is 36.4 Å². The van der Waals surface area contributed by atoms with Crippen molar-refractivity contribution in [2.45, 2.75) is 13.3 Å². The molecule has 0 aliphatic heterocycles. The number of methoxy groups -OCH3 is 1. The van der Waals surface area contributed by atoms with E-state index in [0.29, 0.717) is 27.3 Å². The number of hydroxylamine groups is 2. The molecule has 0 saturated carbocycles. The van der Waals surface area contributed by atoms with Gasteiger partial charge in [0.25, 0.3) is 0 Å². The molecule has 7 heteroatoms. The lowest BCUT2D eigenvalue weighted by molar-refractivity contribution is -0.167.